The van der Waals surface area contributed by atoms with Crippen molar-refractivity contribution in [3.63, 3.8) is 0 Å². The van der Waals surface area contributed by atoms with Crippen molar-refractivity contribution >= 4 is 48.6 Å². The Labute approximate surface area is 122 Å². The maximum atomic E-state index is 12.2. The highest BCUT2D eigenvalue weighted by Gasteiger charge is 2.23. The molecule has 2 aromatic rings. The van der Waals surface area contributed by atoms with Crippen LogP contribution in [-0.4, -0.2) is 24.8 Å². The molecule has 0 saturated heterocycles. The first-order chi connectivity index (χ1) is 8.39. The van der Waals surface area contributed by atoms with E-state index in [0.29, 0.717) is 6.54 Å². The molecule has 2 rings (SSSR count). The fourth-order valence-corrected chi connectivity index (χ4v) is 5.41. The number of aryl methyl sites for hydroxylation is 1. The first-order valence-corrected chi connectivity index (χ1v) is 8.94. The first kappa shape index (κ1) is 14.1. The molecule has 2 heterocycles. The van der Waals surface area contributed by atoms with E-state index < -0.39 is 10.0 Å². The molecule has 4 nitrogen and oxygen atoms in total. The molecule has 0 bridgehead atoms. The number of halogens is 1. The lowest BCUT2D eigenvalue weighted by Crippen LogP contribution is -2.25. The Morgan fingerprint density at radius 2 is 2.22 bits per heavy atom. The van der Waals surface area contributed by atoms with Crippen molar-refractivity contribution in [3.05, 3.63) is 32.0 Å². The van der Waals surface area contributed by atoms with Crippen molar-refractivity contribution in [1.29, 1.82) is 0 Å². The Morgan fingerprint density at radius 1 is 1.50 bits per heavy atom. The zero-order valence-corrected chi connectivity index (χ0v) is 13.8. The van der Waals surface area contributed by atoms with E-state index in [0.717, 1.165) is 14.4 Å². The van der Waals surface area contributed by atoms with Crippen molar-refractivity contribution in [2.24, 2.45) is 0 Å². The first-order valence-electron chi connectivity index (χ1n) is 5.01. The average Bonchev–Trinajstić information content (AvgIpc) is 2.88. The summed E-state index contributed by atoms with van der Waals surface area (Å²) in [5, 5.41) is 2.69. The number of thiazole rings is 1. The van der Waals surface area contributed by atoms with Crippen LogP contribution in [0.15, 0.2) is 26.3 Å². The lowest BCUT2D eigenvalue weighted by Gasteiger charge is -2.14. The number of aromatic nitrogens is 1. The van der Waals surface area contributed by atoms with Crippen LogP contribution >= 0.6 is 38.6 Å². The molecule has 0 spiro atoms. The maximum Gasteiger partial charge on any atom is 0.254 e. The Kier molecular flexibility index (Phi) is 4.22. The van der Waals surface area contributed by atoms with Crippen LogP contribution in [-0.2, 0) is 16.6 Å². The summed E-state index contributed by atoms with van der Waals surface area (Å²) in [4.78, 5) is 4.98. The molecule has 0 aromatic carbocycles. The minimum atomic E-state index is -3.43. The zero-order valence-electron chi connectivity index (χ0n) is 9.75. The minimum absolute atomic E-state index is 0.290. The summed E-state index contributed by atoms with van der Waals surface area (Å²) in [6.07, 6.45) is 1.41. The summed E-state index contributed by atoms with van der Waals surface area (Å²) < 4.78 is 27.1. The van der Waals surface area contributed by atoms with E-state index in [4.69, 9.17) is 0 Å². The Balaban J connectivity index is 2.20. The molecule has 0 unspecified atom stereocenters. The highest BCUT2D eigenvalue weighted by molar-refractivity contribution is 9.10. The number of nitrogens with zero attached hydrogens (tertiary/aromatic N) is 2. The second-order valence-electron chi connectivity index (χ2n) is 3.69. The summed E-state index contributed by atoms with van der Waals surface area (Å²) in [5.74, 6) is 0. The molecular formula is C10H11BrN2O2S3. The molecule has 0 aliphatic heterocycles. The molecule has 18 heavy (non-hydrogen) atoms. The fourth-order valence-electron chi connectivity index (χ4n) is 1.36. The predicted octanol–water partition coefficient (Wildman–Crippen LogP) is 3.10. The van der Waals surface area contributed by atoms with Gasteiger partial charge in [0.1, 0.15) is 0 Å². The summed E-state index contributed by atoms with van der Waals surface area (Å²) in [7, 11) is -1.85. The topological polar surface area (TPSA) is 50.3 Å². The van der Waals surface area contributed by atoms with Gasteiger partial charge in [-0.2, -0.15) is 4.31 Å². The molecule has 0 fully saturated rings. The van der Waals surface area contributed by atoms with Crippen LogP contribution in [0.3, 0.4) is 0 Å². The van der Waals surface area contributed by atoms with Gasteiger partial charge in [0, 0.05) is 28.3 Å². The van der Waals surface area contributed by atoms with Gasteiger partial charge in [0.25, 0.3) is 10.0 Å². The number of rotatable bonds is 4. The SMILES string of the molecule is Cc1ncc(S(=O)(=O)N(C)Cc2cc(Br)cs2)s1. The van der Waals surface area contributed by atoms with E-state index in [9.17, 15) is 8.42 Å². The Hall–Kier alpha value is -0.280. The second kappa shape index (κ2) is 5.38. The van der Waals surface area contributed by atoms with Gasteiger partial charge in [-0.15, -0.1) is 22.7 Å². The van der Waals surface area contributed by atoms with Gasteiger partial charge in [0.15, 0.2) is 4.21 Å². The Morgan fingerprint density at radius 3 is 2.72 bits per heavy atom. The van der Waals surface area contributed by atoms with Gasteiger partial charge in [-0.25, -0.2) is 13.4 Å². The van der Waals surface area contributed by atoms with Crippen molar-refractivity contribution in [2.45, 2.75) is 17.7 Å². The summed E-state index contributed by atoms with van der Waals surface area (Å²) in [5.41, 5.74) is 0. The van der Waals surface area contributed by atoms with Crippen molar-refractivity contribution in [1.82, 2.24) is 9.29 Å². The summed E-state index contributed by atoms with van der Waals surface area (Å²) in [6.45, 7) is 2.16. The quantitative estimate of drug-likeness (QED) is 0.835. The summed E-state index contributed by atoms with van der Waals surface area (Å²) >= 11 is 6.08. The molecule has 0 N–H and O–H groups in total. The molecule has 8 heteroatoms. The predicted molar refractivity (Wildman–Crippen MR) is 77.5 cm³/mol. The second-order valence-corrected chi connectivity index (χ2v) is 9.11. The number of thiophene rings is 1. The third-order valence-electron chi connectivity index (χ3n) is 2.26. The van der Waals surface area contributed by atoms with Gasteiger partial charge in [0.05, 0.1) is 11.2 Å². The molecule has 2 aromatic heterocycles. The fraction of sp³-hybridized carbons (Fsp3) is 0.300. The van der Waals surface area contributed by atoms with Crippen LogP contribution in [0, 0.1) is 6.92 Å². The third kappa shape index (κ3) is 3.00. The van der Waals surface area contributed by atoms with Crippen molar-refractivity contribution in [2.75, 3.05) is 7.05 Å². The average molecular weight is 367 g/mol. The van der Waals surface area contributed by atoms with E-state index in [1.54, 1.807) is 14.0 Å². The largest absolute Gasteiger partial charge is 0.254 e. The molecule has 0 saturated carbocycles. The maximum absolute atomic E-state index is 12.2. The zero-order chi connectivity index (χ0) is 13.3. The molecule has 0 amide bonds. The number of hydrogen-bond donors (Lipinski definition) is 0. The van der Waals surface area contributed by atoms with E-state index >= 15 is 0 Å². The molecular weight excluding hydrogens is 356 g/mol. The van der Waals surface area contributed by atoms with E-state index in [2.05, 4.69) is 20.9 Å². The minimum Gasteiger partial charge on any atom is -0.249 e. The molecule has 0 radical (unpaired) electrons. The Bertz CT molecular complexity index is 648. The monoisotopic (exact) mass is 366 g/mol. The van der Waals surface area contributed by atoms with Crippen LogP contribution in [0.5, 0.6) is 0 Å². The molecule has 0 aliphatic rings. The van der Waals surface area contributed by atoms with Gasteiger partial charge in [0.2, 0.25) is 0 Å². The number of hydrogen-bond acceptors (Lipinski definition) is 5. The van der Waals surface area contributed by atoms with Crippen LogP contribution in [0.1, 0.15) is 9.88 Å². The van der Waals surface area contributed by atoms with E-state index in [1.165, 1.54) is 33.2 Å². The van der Waals surface area contributed by atoms with Crippen molar-refractivity contribution in [3.8, 4) is 0 Å². The molecule has 0 atom stereocenters. The van der Waals surface area contributed by atoms with E-state index in [1.807, 2.05) is 11.4 Å². The lowest BCUT2D eigenvalue weighted by atomic mass is 10.5. The van der Waals surface area contributed by atoms with Crippen molar-refractivity contribution < 1.29 is 8.42 Å². The molecule has 0 aliphatic carbocycles. The standard InChI is InChI=1S/C10H11BrN2O2S3/c1-7-12-4-10(17-7)18(14,15)13(2)5-9-3-8(11)6-16-9/h3-4,6H,5H2,1-2H3. The summed E-state index contributed by atoms with van der Waals surface area (Å²) in [6, 6.07) is 1.93. The van der Waals surface area contributed by atoms with Gasteiger partial charge in [-0.1, -0.05) is 0 Å². The highest BCUT2D eigenvalue weighted by Crippen LogP contribution is 2.25. The van der Waals surface area contributed by atoms with E-state index in [-0.39, 0.29) is 4.21 Å². The molecule has 98 valence electrons. The van der Waals surface area contributed by atoms with Gasteiger partial charge >= 0.3 is 0 Å². The van der Waals surface area contributed by atoms with Crippen LogP contribution in [0.2, 0.25) is 0 Å². The van der Waals surface area contributed by atoms with Gasteiger partial charge in [-0.3, -0.25) is 0 Å². The normalized spacial score (nSPS) is 12.2. The van der Waals surface area contributed by atoms with Crippen LogP contribution in [0.25, 0.3) is 0 Å². The lowest BCUT2D eigenvalue weighted by molar-refractivity contribution is 0.471. The highest BCUT2D eigenvalue weighted by atomic mass is 79.9. The smallest absolute Gasteiger partial charge is 0.249 e. The third-order valence-corrected chi connectivity index (χ3v) is 7.10. The van der Waals surface area contributed by atoms with Crippen LogP contribution in [0.4, 0.5) is 0 Å². The number of sulfonamides is 1. The van der Waals surface area contributed by atoms with Gasteiger partial charge in [-0.05, 0) is 28.9 Å². The van der Waals surface area contributed by atoms with Crippen LogP contribution < -0.4 is 0 Å². The van der Waals surface area contributed by atoms with Gasteiger partial charge < -0.3 is 0 Å².